The summed E-state index contributed by atoms with van der Waals surface area (Å²) < 4.78 is 0.569. The molecule has 1 N–H and O–H groups in total. The standard InChI is InChI=1S/C10H19NS2/c1-8(2)5-9-6-10(7-11-9)12-3-4-13-10/h8-9,11H,3-7H2,1-2H3/t9-/m0/s1. The van der Waals surface area contributed by atoms with E-state index in [2.05, 4.69) is 42.7 Å². The normalized spacial score (nSPS) is 32.1. The van der Waals surface area contributed by atoms with Gasteiger partial charge in [0.15, 0.2) is 0 Å². The molecule has 1 nitrogen and oxygen atoms in total. The van der Waals surface area contributed by atoms with E-state index >= 15 is 0 Å². The zero-order chi connectivity index (χ0) is 9.31. The molecule has 1 spiro atoms. The third-order valence-corrected chi connectivity index (χ3v) is 6.24. The van der Waals surface area contributed by atoms with Gasteiger partial charge in [-0.2, -0.15) is 0 Å². The Bertz CT molecular complexity index is 176. The molecule has 0 amide bonds. The van der Waals surface area contributed by atoms with E-state index in [1.165, 1.54) is 30.9 Å². The molecule has 2 aliphatic rings. The SMILES string of the molecule is CC(C)C[C@H]1CC2(CN1)SCCS2. The predicted octanol–water partition coefficient (Wildman–Crippen LogP) is 2.57. The summed E-state index contributed by atoms with van der Waals surface area (Å²) in [6.45, 7) is 5.88. The van der Waals surface area contributed by atoms with Gasteiger partial charge in [0, 0.05) is 24.1 Å². The van der Waals surface area contributed by atoms with Crippen molar-refractivity contribution in [1.29, 1.82) is 0 Å². The summed E-state index contributed by atoms with van der Waals surface area (Å²) in [6, 6.07) is 0.790. The maximum absolute atomic E-state index is 3.68. The first kappa shape index (κ1) is 10.2. The highest BCUT2D eigenvalue weighted by Crippen LogP contribution is 2.49. The summed E-state index contributed by atoms with van der Waals surface area (Å²) >= 11 is 4.37. The lowest BCUT2D eigenvalue weighted by Crippen LogP contribution is -2.23. The van der Waals surface area contributed by atoms with Crippen LogP contribution in [0.4, 0.5) is 0 Å². The Morgan fingerprint density at radius 3 is 2.69 bits per heavy atom. The first-order valence-corrected chi connectivity index (χ1v) is 7.19. The number of hydrogen-bond acceptors (Lipinski definition) is 3. The van der Waals surface area contributed by atoms with Crippen molar-refractivity contribution >= 4 is 23.5 Å². The van der Waals surface area contributed by atoms with Crippen molar-refractivity contribution in [3.05, 3.63) is 0 Å². The first-order chi connectivity index (χ1) is 6.20. The Labute approximate surface area is 89.8 Å². The first-order valence-electron chi connectivity index (χ1n) is 5.21. The van der Waals surface area contributed by atoms with Crippen LogP contribution in [0, 0.1) is 5.92 Å². The summed E-state index contributed by atoms with van der Waals surface area (Å²) in [5, 5.41) is 3.68. The van der Waals surface area contributed by atoms with Gasteiger partial charge in [-0.25, -0.2) is 0 Å². The van der Waals surface area contributed by atoms with Crippen molar-refractivity contribution in [2.24, 2.45) is 5.92 Å². The van der Waals surface area contributed by atoms with E-state index in [0.717, 1.165) is 12.0 Å². The van der Waals surface area contributed by atoms with Crippen molar-refractivity contribution in [3.8, 4) is 0 Å². The number of nitrogens with one attached hydrogen (secondary N) is 1. The monoisotopic (exact) mass is 217 g/mol. The molecule has 2 aliphatic heterocycles. The molecule has 0 unspecified atom stereocenters. The van der Waals surface area contributed by atoms with Crippen LogP contribution in [-0.4, -0.2) is 28.2 Å². The van der Waals surface area contributed by atoms with E-state index in [1.54, 1.807) is 0 Å². The molecular formula is C10H19NS2. The maximum Gasteiger partial charge on any atom is 0.0750 e. The number of thioether (sulfide) groups is 2. The average molecular weight is 217 g/mol. The minimum atomic E-state index is 0.569. The van der Waals surface area contributed by atoms with E-state index in [-0.39, 0.29) is 0 Å². The summed E-state index contributed by atoms with van der Waals surface area (Å²) in [4.78, 5) is 0. The molecule has 0 aromatic carbocycles. The van der Waals surface area contributed by atoms with Gasteiger partial charge in [0.25, 0.3) is 0 Å². The second kappa shape index (κ2) is 4.03. The van der Waals surface area contributed by atoms with E-state index < -0.39 is 0 Å². The molecule has 0 radical (unpaired) electrons. The van der Waals surface area contributed by atoms with Crippen LogP contribution in [0.2, 0.25) is 0 Å². The fourth-order valence-corrected chi connectivity index (χ4v) is 5.53. The van der Waals surface area contributed by atoms with Gasteiger partial charge in [-0.15, -0.1) is 23.5 Å². The number of rotatable bonds is 2. The van der Waals surface area contributed by atoms with Crippen LogP contribution in [0.25, 0.3) is 0 Å². The predicted molar refractivity (Wildman–Crippen MR) is 63.5 cm³/mol. The van der Waals surface area contributed by atoms with Crippen molar-refractivity contribution in [1.82, 2.24) is 5.32 Å². The van der Waals surface area contributed by atoms with E-state index in [4.69, 9.17) is 0 Å². The highest BCUT2D eigenvalue weighted by molar-refractivity contribution is 8.21. The Kier molecular flexibility index (Phi) is 3.16. The number of hydrogen-bond donors (Lipinski definition) is 1. The van der Waals surface area contributed by atoms with Gasteiger partial charge < -0.3 is 5.32 Å². The molecule has 76 valence electrons. The van der Waals surface area contributed by atoms with Gasteiger partial charge in [-0.3, -0.25) is 0 Å². The maximum atomic E-state index is 3.68. The average Bonchev–Trinajstić information content (AvgIpc) is 2.63. The van der Waals surface area contributed by atoms with Crippen molar-refractivity contribution in [3.63, 3.8) is 0 Å². The summed E-state index contributed by atoms with van der Waals surface area (Å²) in [7, 11) is 0. The van der Waals surface area contributed by atoms with Gasteiger partial charge in [0.1, 0.15) is 0 Å². The van der Waals surface area contributed by atoms with Crippen LogP contribution in [-0.2, 0) is 0 Å². The van der Waals surface area contributed by atoms with Crippen LogP contribution in [0.15, 0.2) is 0 Å². The molecule has 13 heavy (non-hydrogen) atoms. The molecular weight excluding hydrogens is 198 g/mol. The third kappa shape index (κ3) is 2.37. The molecule has 0 saturated carbocycles. The van der Waals surface area contributed by atoms with E-state index in [0.29, 0.717) is 4.08 Å². The van der Waals surface area contributed by atoms with Crippen LogP contribution in [0.5, 0.6) is 0 Å². The van der Waals surface area contributed by atoms with Gasteiger partial charge >= 0.3 is 0 Å². The lowest BCUT2D eigenvalue weighted by atomic mass is 10.0. The van der Waals surface area contributed by atoms with Gasteiger partial charge in [0.05, 0.1) is 4.08 Å². The van der Waals surface area contributed by atoms with Gasteiger partial charge in [0.2, 0.25) is 0 Å². The topological polar surface area (TPSA) is 12.0 Å². The Hall–Kier alpha value is 0.660. The molecule has 0 aromatic rings. The smallest absolute Gasteiger partial charge is 0.0750 e. The van der Waals surface area contributed by atoms with Crippen molar-refractivity contribution in [2.75, 3.05) is 18.1 Å². The zero-order valence-corrected chi connectivity index (χ0v) is 10.1. The molecule has 2 heterocycles. The molecule has 1 atom stereocenters. The van der Waals surface area contributed by atoms with Crippen LogP contribution in [0.3, 0.4) is 0 Å². The van der Waals surface area contributed by atoms with Crippen molar-refractivity contribution in [2.45, 2.75) is 36.8 Å². The van der Waals surface area contributed by atoms with E-state index in [1.807, 2.05) is 0 Å². The third-order valence-electron chi connectivity index (χ3n) is 2.79. The minimum absolute atomic E-state index is 0.569. The van der Waals surface area contributed by atoms with Crippen LogP contribution < -0.4 is 5.32 Å². The second-order valence-corrected chi connectivity index (χ2v) is 7.73. The Morgan fingerprint density at radius 1 is 1.38 bits per heavy atom. The summed E-state index contributed by atoms with van der Waals surface area (Å²) in [5.41, 5.74) is 0. The minimum Gasteiger partial charge on any atom is -0.312 e. The quantitative estimate of drug-likeness (QED) is 0.763. The largest absolute Gasteiger partial charge is 0.312 e. The second-order valence-electron chi connectivity index (χ2n) is 4.52. The molecule has 2 fully saturated rings. The zero-order valence-electron chi connectivity index (χ0n) is 8.51. The lowest BCUT2D eigenvalue weighted by molar-refractivity contribution is 0.464. The van der Waals surface area contributed by atoms with Gasteiger partial charge in [-0.1, -0.05) is 13.8 Å². The molecule has 0 aromatic heterocycles. The summed E-state index contributed by atoms with van der Waals surface area (Å²) in [5.74, 6) is 3.56. The van der Waals surface area contributed by atoms with Crippen LogP contribution >= 0.6 is 23.5 Å². The molecule has 2 saturated heterocycles. The molecule has 0 aliphatic carbocycles. The highest BCUT2D eigenvalue weighted by atomic mass is 32.2. The molecule has 3 heteroatoms. The lowest BCUT2D eigenvalue weighted by Gasteiger charge is -2.19. The molecule has 0 bridgehead atoms. The molecule has 2 rings (SSSR count). The fraction of sp³-hybridized carbons (Fsp3) is 1.00. The van der Waals surface area contributed by atoms with Crippen LogP contribution in [0.1, 0.15) is 26.7 Å². The van der Waals surface area contributed by atoms with E-state index in [9.17, 15) is 0 Å². The summed E-state index contributed by atoms with van der Waals surface area (Å²) in [6.07, 6.45) is 2.74. The van der Waals surface area contributed by atoms with Gasteiger partial charge in [-0.05, 0) is 18.8 Å². The highest BCUT2D eigenvalue weighted by Gasteiger charge is 2.42. The van der Waals surface area contributed by atoms with Crippen molar-refractivity contribution < 1.29 is 0 Å². The Morgan fingerprint density at radius 2 is 2.08 bits per heavy atom. The Balaban J connectivity index is 1.86. The fourth-order valence-electron chi connectivity index (χ4n) is 2.27.